The van der Waals surface area contributed by atoms with Crippen molar-refractivity contribution < 1.29 is 4.79 Å². The standard InChI is InChI=1S/C22H21N3O/c1-17(14-18-8-3-2-4-9-18)15-24-25-22(26)16-23-21-13-7-11-19-10-5-6-12-20(19)21/h2-15,23H,16H2,1H3,(H,25,26). The maximum absolute atomic E-state index is 12.0. The van der Waals surface area contributed by atoms with Crippen molar-refractivity contribution in [2.24, 2.45) is 5.10 Å². The highest BCUT2D eigenvalue weighted by Gasteiger charge is 2.02. The number of allylic oxidation sites excluding steroid dienone is 1. The average molecular weight is 343 g/mol. The molecular formula is C22H21N3O. The van der Waals surface area contributed by atoms with Crippen molar-refractivity contribution in [1.82, 2.24) is 5.43 Å². The third-order valence-corrected chi connectivity index (χ3v) is 3.88. The maximum Gasteiger partial charge on any atom is 0.259 e. The number of carbonyl (C=O) groups is 1. The normalized spacial score (nSPS) is 11.7. The molecule has 0 heterocycles. The van der Waals surface area contributed by atoms with Gasteiger partial charge in [0, 0.05) is 11.1 Å². The van der Waals surface area contributed by atoms with E-state index in [0.29, 0.717) is 0 Å². The molecule has 0 fully saturated rings. The monoisotopic (exact) mass is 343 g/mol. The summed E-state index contributed by atoms with van der Waals surface area (Å²) in [7, 11) is 0. The smallest absolute Gasteiger partial charge is 0.259 e. The predicted molar refractivity (Wildman–Crippen MR) is 109 cm³/mol. The van der Waals surface area contributed by atoms with Gasteiger partial charge in [-0.05, 0) is 29.5 Å². The van der Waals surface area contributed by atoms with Crippen LogP contribution in [0.1, 0.15) is 12.5 Å². The summed E-state index contributed by atoms with van der Waals surface area (Å²) < 4.78 is 0. The number of benzene rings is 3. The minimum Gasteiger partial charge on any atom is -0.376 e. The molecule has 2 N–H and O–H groups in total. The molecule has 0 atom stereocenters. The number of rotatable bonds is 6. The number of amides is 1. The molecular weight excluding hydrogens is 322 g/mol. The first-order valence-electron chi connectivity index (χ1n) is 8.49. The van der Waals surface area contributed by atoms with E-state index in [2.05, 4.69) is 15.8 Å². The van der Waals surface area contributed by atoms with E-state index in [1.54, 1.807) is 6.21 Å². The van der Waals surface area contributed by atoms with Crippen LogP contribution in [-0.2, 0) is 4.79 Å². The number of anilines is 1. The van der Waals surface area contributed by atoms with Gasteiger partial charge in [-0.2, -0.15) is 5.10 Å². The third kappa shape index (κ3) is 4.80. The zero-order valence-electron chi connectivity index (χ0n) is 14.6. The highest BCUT2D eigenvalue weighted by molar-refractivity contribution is 5.95. The molecule has 130 valence electrons. The van der Waals surface area contributed by atoms with E-state index < -0.39 is 0 Å². The van der Waals surface area contributed by atoms with Gasteiger partial charge in [0.15, 0.2) is 0 Å². The Morgan fingerprint density at radius 1 is 0.962 bits per heavy atom. The number of hydrogen-bond donors (Lipinski definition) is 2. The molecule has 0 unspecified atom stereocenters. The van der Waals surface area contributed by atoms with Crippen LogP contribution in [0.25, 0.3) is 16.8 Å². The zero-order chi connectivity index (χ0) is 18.2. The van der Waals surface area contributed by atoms with Crippen molar-refractivity contribution in [2.45, 2.75) is 6.92 Å². The molecule has 1 amide bonds. The lowest BCUT2D eigenvalue weighted by molar-refractivity contribution is -0.119. The summed E-state index contributed by atoms with van der Waals surface area (Å²) in [5.41, 5.74) is 5.53. The van der Waals surface area contributed by atoms with E-state index in [1.807, 2.05) is 85.8 Å². The summed E-state index contributed by atoms with van der Waals surface area (Å²) in [6, 6.07) is 24.0. The van der Waals surface area contributed by atoms with E-state index in [-0.39, 0.29) is 12.5 Å². The Balaban J connectivity index is 1.53. The SMILES string of the molecule is CC(C=NNC(=O)CNc1cccc2ccccc12)=Cc1ccccc1. The van der Waals surface area contributed by atoms with E-state index in [0.717, 1.165) is 27.6 Å². The summed E-state index contributed by atoms with van der Waals surface area (Å²) in [6.45, 7) is 2.10. The first-order valence-corrected chi connectivity index (χ1v) is 8.49. The molecule has 3 rings (SSSR count). The molecule has 0 aromatic heterocycles. The summed E-state index contributed by atoms with van der Waals surface area (Å²) in [5, 5.41) is 9.40. The highest BCUT2D eigenvalue weighted by Crippen LogP contribution is 2.22. The molecule has 3 aromatic rings. The summed E-state index contributed by atoms with van der Waals surface area (Å²) in [5.74, 6) is -0.193. The van der Waals surface area contributed by atoms with Crippen LogP contribution in [0.15, 0.2) is 83.5 Å². The van der Waals surface area contributed by atoms with Gasteiger partial charge in [0.05, 0.1) is 12.8 Å². The quantitative estimate of drug-likeness (QED) is 0.513. The van der Waals surface area contributed by atoms with Gasteiger partial charge < -0.3 is 5.32 Å². The summed E-state index contributed by atoms with van der Waals surface area (Å²) in [6.07, 6.45) is 3.65. The zero-order valence-corrected chi connectivity index (χ0v) is 14.6. The van der Waals surface area contributed by atoms with Gasteiger partial charge >= 0.3 is 0 Å². The molecule has 0 spiro atoms. The van der Waals surface area contributed by atoms with E-state index >= 15 is 0 Å². The average Bonchev–Trinajstić information content (AvgIpc) is 2.67. The van der Waals surface area contributed by atoms with Crippen LogP contribution >= 0.6 is 0 Å². The van der Waals surface area contributed by atoms with Gasteiger partial charge in [0.25, 0.3) is 5.91 Å². The Hall–Kier alpha value is -3.40. The second-order valence-electron chi connectivity index (χ2n) is 5.97. The van der Waals surface area contributed by atoms with Gasteiger partial charge in [-0.3, -0.25) is 4.79 Å². The van der Waals surface area contributed by atoms with E-state index in [1.165, 1.54) is 0 Å². The molecule has 0 saturated carbocycles. The predicted octanol–water partition coefficient (Wildman–Crippen LogP) is 4.46. The van der Waals surface area contributed by atoms with E-state index in [9.17, 15) is 4.79 Å². The van der Waals surface area contributed by atoms with Crippen LogP contribution in [0, 0.1) is 0 Å². The van der Waals surface area contributed by atoms with Gasteiger partial charge in [-0.15, -0.1) is 0 Å². The van der Waals surface area contributed by atoms with Crippen LogP contribution in [0.4, 0.5) is 5.69 Å². The lowest BCUT2D eigenvalue weighted by atomic mass is 10.1. The second-order valence-corrected chi connectivity index (χ2v) is 5.97. The van der Waals surface area contributed by atoms with Crippen molar-refractivity contribution in [3.8, 4) is 0 Å². The molecule has 0 bridgehead atoms. The maximum atomic E-state index is 12.0. The third-order valence-electron chi connectivity index (χ3n) is 3.88. The molecule has 4 heteroatoms. The molecule has 26 heavy (non-hydrogen) atoms. The Morgan fingerprint density at radius 2 is 1.69 bits per heavy atom. The first kappa shape index (κ1) is 17.4. The second kappa shape index (κ2) is 8.62. The van der Waals surface area contributed by atoms with Crippen molar-refractivity contribution in [2.75, 3.05) is 11.9 Å². The lowest BCUT2D eigenvalue weighted by Crippen LogP contribution is -2.25. The minimum atomic E-state index is -0.193. The largest absolute Gasteiger partial charge is 0.376 e. The number of nitrogens with one attached hydrogen (secondary N) is 2. The van der Waals surface area contributed by atoms with Crippen LogP contribution in [0.3, 0.4) is 0 Å². The Bertz CT molecular complexity index is 941. The minimum absolute atomic E-state index is 0.160. The fourth-order valence-corrected chi connectivity index (χ4v) is 2.65. The Kier molecular flexibility index (Phi) is 5.78. The molecule has 0 radical (unpaired) electrons. The lowest BCUT2D eigenvalue weighted by Gasteiger charge is -2.08. The Labute approximate surface area is 153 Å². The van der Waals surface area contributed by atoms with Gasteiger partial charge in [0.1, 0.15) is 0 Å². The molecule has 0 aliphatic carbocycles. The summed E-state index contributed by atoms with van der Waals surface area (Å²) in [4.78, 5) is 12.0. The van der Waals surface area contributed by atoms with Crippen LogP contribution in [-0.4, -0.2) is 18.7 Å². The molecule has 0 saturated heterocycles. The number of hydrogen-bond acceptors (Lipinski definition) is 3. The van der Waals surface area contributed by atoms with Crippen molar-refractivity contribution in [3.05, 3.63) is 83.9 Å². The van der Waals surface area contributed by atoms with Gasteiger partial charge in [-0.25, -0.2) is 5.43 Å². The van der Waals surface area contributed by atoms with Crippen LogP contribution in [0.2, 0.25) is 0 Å². The molecule has 3 aromatic carbocycles. The van der Waals surface area contributed by atoms with Crippen LogP contribution in [0.5, 0.6) is 0 Å². The number of hydrazone groups is 1. The van der Waals surface area contributed by atoms with Crippen molar-refractivity contribution in [3.63, 3.8) is 0 Å². The van der Waals surface area contributed by atoms with Crippen LogP contribution < -0.4 is 10.7 Å². The van der Waals surface area contributed by atoms with E-state index in [4.69, 9.17) is 0 Å². The number of fused-ring (bicyclic) bond motifs is 1. The van der Waals surface area contributed by atoms with Gasteiger partial charge in [-0.1, -0.05) is 72.8 Å². The fraction of sp³-hybridized carbons (Fsp3) is 0.0909. The molecule has 4 nitrogen and oxygen atoms in total. The van der Waals surface area contributed by atoms with Crippen molar-refractivity contribution in [1.29, 1.82) is 0 Å². The first-order chi connectivity index (χ1) is 12.7. The fourth-order valence-electron chi connectivity index (χ4n) is 2.65. The molecule has 0 aliphatic rings. The highest BCUT2D eigenvalue weighted by atomic mass is 16.2. The Morgan fingerprint density at radius 3 is 2.54 bits per heavy atom. The summed E-state index contributed by atoms with van der Waals surface area (Å²) >= 11 is 0. The van der Waals surface area contributed by atoms with Crippen molar-refractivity contribution >= 4 is 34.7 Å². The number of carbonyl (C=O) groups excluding carboxylic acids is 1. The number of nitrogens with zero attached hydrogens (tertiary/aromatic N) is 1. The van der Waals surface area contributed by atoms with Gasteiger partial charge in [0.2, 0.25) is 0 Å². The molecule has 0 aliphatic heterocycles. The topological polar surface area (TPSA) is 53.5 Å².